The number of oxime groups is 1. The molecule has 1 aromatic heterocycles. The number of aryl methyl sites for hydroxylation is 1. The zero-order valence-electron chi connectivity index (χ0n) is 13.6. The normalized spacial score (nSPS) is 18.2. The van der Waals surface area contributed by atoms with E-state index in [1.165, 1.54) is 3.58 Å². The average Bonchev–Trinajstić information content (AvgIpc) is 3.08. The van der Waals surface area contributed by atoms with Crippen LogP contribution in [0.3, 0.4) is 0 Å². The van der Waals surface area contributed by atoms with Crippen molar-refractivity contribution in [3.05, 3.63) is 41.7 Å². The second-order valence-electron chi connectivity index (χ2n) is 6.88. The van der Waals surface area contributed by atoms with Gasteiger partial charge in [0, 0.05) is 0 Å². The summed E-state index contributed by atoms with van der Waals surface area (Å²) >= 11 is -1.97. The minimum atomic E-state index is -1.97. The Morgan fingerprint density at radius 2 is 1.95 bits per heavy atom. The van der Waals surface area contributed by atoms with Gasteiger partial charge in [0.1, 0.15) is 0 Å². The zero-order chi connectivity index (χ0) is 15.7. The van der Waals surface area contributed by atoms with Crippen LogP contribution in [0.5, 0.6) is 0 Å². The van der Waals surface area contributed by atoms with Crippen LogP contribution in [-0.2, 0) is 11.4 Å². The van der Waals surface area contributed by atoms with Gasteiger partial charge in [-0.3, -0.25) is 0 Å². The standard InChI is InChI=1S/C13H13N4O.3CH3.Sn/c1-10-8-17(16-14-10)9-12-7-13(15-18-12)11-5-3-2-4-6-11;;;;/h3-6,8,12H,7,9H2,1H3;3*1H3;. The molecule has 0 bridgehead atoms. The van der Waals surface area contributed by atoms with Gasteiger partial charge in [0.25, 0.3) is 0 Å². The molecule has 6 heteroatoms. The Morgan fingerprint density at radius 1 is 1.23 bits per heavy atom. The van der Waals surface area contributed by atoms with Gasteiger partial charge >= 0.3 is 135 Å². The van der Waals surface area contributed by atoms with E-state index in [1.54, 1.807) is 0 Å². The van der Waals surface area contributed by atoms with E-state index in [4.69, 9.17) is 4.84 Å². The predicted octanol–water partition coefficient (Wildman–Crippen LogP) is 2.32. The van der Waals surface area contributed by atoms with Crippen molar-refractivity contribution in [2.45, 2.75) is 40.8 Å². The predicted molar refractivity (Wildman–Crippen MR) is 90.2 cm³/mol. The molecule has 3 rings (SSSR count). The van der Waals surface area contributed by atoms with E-state index >= 15 is 0 Å². The first kappa shape index (κ1) is 15.5. The van der Waals surface area contributed by atoms with Crippen LogP contribution in [-0.4, -0.2) is 45.2 Å². The molecule has 1 aliphatic heterocycles. The fraction of sp³-hybridized carbons (Fsp3) is 0.438. The van der Waals surface area contributed by atoms with E-state index < -0.39 is 18.4 Å². The Labute approximate surface area is 135 Å². The topological polar surface area (TPSA) is 52.3 Å². The van der Waals surface area contributed by atoms with E-state index in [0.717, 1.165) is 23.4 Å². The van der Waals surface area contributed by atoms with E-state index in [2.05, 4.69) is 54.6 Å². The van der Waals surface area contributed by atoms with Crippen molar-refractivity contribution in [2.24, 2.45) is 5.16 Å². The summed E-state index contributed by atoms with van der Waals surface area (Å²) in [5.74, 6) is 0. The van der Waals surface area contributed by atoms with Gasteiger partial charge in [0.05, 0.1) is 0 Å². The molecule has 1 atom stereocenters. The molecule has 0 aliphatic carbocycles. The summed E-state index contributed by atoms with van der Waals surface area (Å²) in [6.45, 7) is 2.62. The Kier molecular flexibility index (Phi) is 4.25. The van der Waals surface area contributed by atoms with Gasteiger partial charge in [-0.15, -0.1) is 0 Å². The molecular formula is C16H22N4OSn. The van der Waals surface area contributed by atoms with Crippen molar-refractivity contribution in [1.29, 1.82) is 0 Å². The maximum absolute atomic E-state index is 5.54. The molecule has 1 unspecified atom stereocenters. The fourth-order valence-corrected chi connectivity index (χ4v) is 5.88. The molecule has 1 aromatic carbocycles. The van der Waals surface area contributed by atoms with Crippen LogP contribution in [0.4, 0.5) is 0 Å². The Balaban J connectivity index is 1.65. The van der Waals surface area contributed by atoms with Crippen LogP contribution < -0.4 is 3.58 Å². The van der Waals surface area contributed by atoms with Crippen molar-refractivity contribution in [2.75, 3.05) is 0 Å². The first-order valence-electron chi connectivity index (χ1n) is 7.62. The number of benzene rings is 1. The number of aromatic nitrogens is 3. The molecule has 0 saturated carbocycles. The SMILES string of the molecule is Cc1cn(CC2CC(c3cc[c]([Sn]([CH3])([CH3])[CH3])cc3)=NO2)nn1. The van der Waals surface area contributed by atoms with Gasteiger partial charge in [0.15, 0.2) is 0 Å². The summed E-state index contributed by atoms with van der Waals surface area (Å²) in [5.41, 5.74) is 3.11. The Hall–Kier alpha value is -1.37. The summed E-state index contributed by atoms with van der Waals surface area (Å²) in [7, 11) is 0. The Morgan fingerprint density at radius 3 is 2.55 bits per heavy atom. The van der Waals surface area contributed by atoms with Gasteiger partial charge in [-0.05, 0) is 0 Å². The van der Waals surface area contributed by atoms with Crippen LogP contribution in [0, 0.1) is 6.92 Å². The molecule has 0 N–H and O–H groups in total. The number of nitrogens with zero attached hydrogens (tertiary/aromatic N) is 4. The van der Waals surface area contributed by atoms with E-state index in [0.29, 0.717) is 6.54 Å². The van der Waals surface area contributed by atoms with Crippen molar-refractivity contribution in [1.82, 2.24) is 15.0 Å². The number of hydrogen-bond acceptors (Lipinski definition) is 4. The first-order chi connectivity index (χ1) is 10.4. The summed E-state index contributed by atoms with van der Waals surface area (Å²) in [5, 5.41) is 12.3. The molecule has 0 spiro atoms. The molecule has 0 fully saturated rings. The zero-order valence-corrected chi connectivity index (χ0v) is 16.4. The van der Waals surface area contributed by atoms with Gasteiger partial charge in [0.2, 0.25) is 0 Å². The molecule has 22 heavy (non-hydrogen) atoms. The van der Waals surface area contributed by atoms with Gasteiger partial charge < -0.3 is 0 Å². The van der Waals surface area contributed by atoms with Crippen molar-refractivity contribution in [3.63, 3.8) is 0 Å². The second kappa shape index (κ2) is 6.02. The summed E-state index contributed by atoms with van der Waals surface area (Å²) in [6, 6.07) is 8.90. The summed E-state index contributed by atoms with van der Waals surface area (Å²) in [4.78, 5) is 12.8. The molecule has 1 aliphatic rings. The molecule has 0 saturated heterocycles. The van der Waals surface area contributed by atoms with Crippen LogP contribution in [0.2, 0.25) is 14.8 Å². The van der Waals surface area contributed by atoms with E-state index in [-0.39, 0.29) is 6.10 Å². The molecule has 0 amide bonds. The van der Waals surface area contributed by atoms with Gasteiger partial charge in [-0.2, -0.15) is 0 Å². The fourth-order valence-electron chi connectivity index (χ4n) is 2.55. The van der Waals surface area contributed by atoms with E-state index in [9.17, 15) is 0 Å². The van der Waals surface area contributed by atoms with Crippen molar-refractivity contribution in [3.8, 4) is 0 Å². The van der Waals surface area contributed by atoms with Crippen LogP contribution >= 0.6 is 0 Å². The summed E-state index contributed by atoms with van der Waals surface area (Å²) in [6.07, 6.45) is 2.78. The third-order valence-electron chi connectivity index (χ3n) is 3.86. The van der Waals surface area contributed by atoms with Crippen molar-refractivity contribution >= 4 is 27.7 Å². The molecule has 5 nitrogen and oxygen atoms in total. The minimum absolute atomic E-state index is 0.0394. The molecule has 116 valence electrons. The summed E-state index contributed by atoms with van der Waals surface area (Å²) < 4.78 is 3.35. The quantitative estimate of drug-likeness (QED) is 0.735. The van der Waals surface area contributed by atoms with Crippen LogP contribution in [0.25, 0.3) is 0 Å². The van der Waals surface area contributed by atoms with Gasteiger partial charge in [-0.1, -0.05) is 0 Å². The number of rotatable bonds is 4. The Bertz CT molecular complexity index is 685. The second-order valence-corrected chi connectivity index (χ2v) is 21.4. The third-order valence-corrected chi connectivity index (χ3v) is 9.76. The van der Waals surface area contributed by atoms with Crippen LogP contribution in [0.15, 0.2) is 35.6 Å². The van der Waals surface area contributed by atoms with Crippen molar-refractivity contribution < 1.29 is 4.84 Å². The molecule has 2 heterocycles. The van der Waals surface area contributed by atoms with Crippen LogP contribution in [0.1, 0.15) is 17.7 Å². The molecular weight excluding hydrogens is 383 g/mol. The average molecular weight is 405 g/mol. The maximum atomic E-state index is 5.54. The first-order valence-corrected chi connectivity index (χ1v) is 17.6. The number of hydrogen-bond donors (Lipinski definition) is 0. The molecule has 2 aromatic rings. The van der Waals surface area contributed by atoms with E-state index in [1.807, 2.05) is 17.8 Å². The third kappa shape index (κ3) is 3.51. The molecule has 0 radical (unpaired) electrons. The van der Waals surface area contributed by atoms with Gasteiger partial charge in [-0.25, -0.2) is 0 Å². The monoisotopic (exact) mass is 406 g/mol.